The van der Waals surface area contributed by atoms with Crippen LogP contribution in [0.15, 0.2) is 84.0 Å². The lowest BCUT2D eigenvalue weighted by Gasteiger charge is -2.11. The van der Waals surface area contributed by atoms with E-state index in [0.29, 0.717) is 22.2 Å². The van der Waals surface area contributed by atoms with E-state index in [1.54, 1.807) is 47.0 Å². The Morgan fingerprint density at radius 1 is 1.06 bits per heavy atom. The molecule has 0 fully saturated rings. The molecule has 4 aromatic rings. The number of carbonyl (C=O) groups excluding carboxylic acids is 1. The van der Waals surface area contributed by atoms with Crippen molar-refractivity contribution in [1.82, 2.24) is 14.8 Å². The maximum Gasteiger partial charge on any atom is 0.234 e. The third kappa shape index (κ3) is 5.56. The summed E-state index contributed by atoms with van der Waals surface area (Å²) in [6, 6.07) is 24.3. The van der Waals surface area contributed by atoms with Crippen LogP contribution >= 0.6 is 11.8 Å². The number of halogens is 1. The smallest absolute Gasteiger partial charge is 0.234 e. The SMILES string of the molecule is N#Cc1cccc(NC(=O)CSc2nnc(COc3ccccc3F)n2-c2ccccc2)c1. The highest BCUT2D eigenvalue weighted by Gasteiger charge is 2.17. The molecule has 1 N–H and O–H groups in total. The van der Waals surface area contributed by atoms with E-state index >= 15 is 0 Å². The van der Waals surface area contributed by atoms with Crippen molar-refractivity contribution in [3.8, 4) is 17.5 Å². The Balaban J connectivity index is 1.50. The zero-order valence-electron chi connectivity index (χ0n) is 17.3. The average Bonchev–Trinajstić information content (AvgIpc) is 3.25. The first-order valence-electron chi connectivity index (χ1n) is 9.94. The van der Waals surface area contributed by atoms with Crippen LogP contribution < -0.4 is 10.1 Å². The molecule has 1 aromatic heterocycles. The van der Waals surface area contributed by atoms with Crippen LogP contribution in [0.2, 0.25) is 0 Å². The number of nitrogens with one attached hydrogen (secondary N) is 1. The zero-order chi connectivity index (χ0) is 23.0. The molecule has 164 valence electrons. The van der Waals surface area contributed by atoms with Crippen molar-refractivity contribution in [2.75, 3.05) is 11.1 Å². The molecule has 0 atom stereocenters. The van der Waals surface area contributed by atoms with E-state index in [0.717, 1.165) is 5.69 Å². The number of thioether (sulfide) groups is 1. The van der Waals surface area contributed by atoms with Gasteiger partial charge in [-0.25, -0.2) is 4.39 Å². The van der Waals surface area contributed by atoms with E-state index in [9.17, 15) is 9.18 Å². The molecule has 0 aliphatic heterocycles. The normalized spacial score (nSPS) is 10.4. The lowest BCUT2D eigenvalue weighted by molar-refractivity contribution is -0.113. The Kier molecular flexibility index (Phi) is 6.97. The van der Waals surface area contributed by atoms with Crippen LogP contribution in [0.3, 0.4) is 0 Å². The third-order valence-corrected chi connectivity index (χ3v) is 5.44. The maximum absolute atomic E-state index is 13.9. The van der Waals surface area contributed by atoms with Gasteiger partial charge in [0.15, 0.2) is 22.5 Å². The van der Waals surface area contributed by atoms with Crippen molar-refractivity contribution < 1.29 is 13.9 Å². The van der Waals surface area contributed by atoms with Crippen molar-refractivity contribution >= 4 is 23.4 Å². The molecule has 0 radical (unpaired) electrons. The van der Waals surface area contributed by atoms with Gasteiger partial charge in [0.25, 0.3) is 0 Å². The Hall–Kier alpha value is -4.16. The summed E-state index contributed by atoms with van der Waals surface area (Å²) in [5, 5.41) is 20.7. The minimum atomic E-state index is -0.463. The Morgan fingerprint density at radius 3 is 2.64 bits per heavy atom. The predicted molar refractivity (Wildman–Crippen MR) is 123 cm³/mol. The van der Waals surface area contributed by atoms with Gasteiger partial charge in [0.05, 0.1) is 17.4 Å². The lowest BCUT2D eigenvalue weighted by Crippen LogP contribution is -2.15. The molecular weight excluding hydrogens is 441 g/mol. The fraction of sp³-hybridized carbons (Fsp3) is 0.0833. The number of amides is 1. The van der Waals surface area contributed by atoms with Crippen LogP contribution in [0, 0.1) is 17.1 Å². The average molecular weight is 460 g/mol. The minimum absolute atomic E-state index is 0.00344. The zero-order valence-corrected chi connectivity index (χ0v) is 18.1. The number of nitriles is 1. The third-order valence-electron chi connectivity index (χ3n) is 4.52. The number of hydrogen-bond acceptors (Lipinski definition) is 6. The molecule has 0 aliphatic rings. The fourth-order valence-electron chi connectivity index (χ4n) is 3.02. The summed E-state index contributed by atoms with van der Waals surface area (Å²) in [5.41, 5.74) is 1.80. The number of anilines is 1. The van der Waals surface area contributed by atoms with Crippen LogP contribution in [-0.2, 0) is 11.4 Å². The number of benzene rings is 3. The summed E-state index contributed by atoms with van der Waals surface area (Å²) < 4.78 is 21.3. The molecule has 4 rings (SSSR count). The summed E-state index contributed by atoms with van der Waals surface area (Å²) in [6.07, 6.45) is 0. The number of aromatic nitrogens is 3. The van der Waals surface area contributed by atoms with Gasteiger partial charge in [-0.15, -0.1) is 10.2 Å². The quantitative estimate of drug-likeness (QED) is 0.388. The molecule has 0 bridgehead atoms. The highest BCUT2D eigenvalue weighted by molar-refractivity contribution is 7.99. The molecule has 1 heterocycles. The van der Waals surface area contributed by atoms with Gasteiger partial charge in [-0.2, -0.15) is 5.26 Å². The highest BCUT2D eigenvalue weighted by Crippen LogP contribution is 2.24. The molecule has 0 saturated carbocycles. The van der Waals surface area contributed by atoms with E-state index in [1.165, 1.54) is 17.8 Å². The molecule has 0 unspecified atom stereocenters. The monoisotopic (exact) mass is 459 g/mol. The standard InChI is InChI=1S/C24H18FN5O2S/c25-20-11-4-5-12-21(20)32-15-22-28-29-24(30(22)19-9-2-1-3-10-19)33-16-23(31)27-18-8-6-7-17(13-18)14-26/h1-13H,15-16H2,(H,27,31). The van der Waals surface area contributed by atoms with Crippen LogP contribution in [0.25, 0.3) is 5.69 Å². The molecule has 1 amide bonds. The Labute approximate surface area is 193 Å². The molecule has 0 spiro atoms. The summed E-state index contributed by atoms with van der Waals surface area (Å²) in [6.45, 7) is -0.00344. The van der Waals surface area contributed by atoms with Crippen molar-refractivity contribution in [3.63, 3.8) is 0 Å². The van der Waals surface area contributed by atoms with Crippen molar-refractivity contribution in [3.05, 3.63) is 96.1 Å². The molecule has 33 heavy (non-hydrogen) atoms. The number of carbonyl (C=O) groups is 1. The van der Waals surface area contributed by atoms with Crippen molar-refractivity contribution in [2.45, 2.75) is 11.8 Å². The van der Waals surface area contributed by atoms with Crippen molar-refractivity contribution in [1.29, 1.82) is 5.26 Å². The second kappa shape index (κ2) is 10.4. The second-order valence-electron chi connectivity index (χ2n) is 6.82. The highest BCUT2D eigenvalue weighted by atomic mass is 32.2. The first-order valence-corrected chi connectivity index (χ1v) is 10.9. The number of nitrogens with zero attached hydrogens (tertiary/aromatic N) is 4. The Bertz CT molecular complexity index is 1300. The molecule has 0 aliphatic carbocycles. The minimum Gasteiger partial charge on any atom is -0.483 e. The summed E-state index contributed by atoms with van der Waals surface area (Å²) >= 11 is 1.21. The van der Waals surface area contributed by atoms with Gasteiger partial charge in [0.2, 0.25) is 5.91 Å². The number of hydrogen-bond donors (Lipinski definition) is 1. The second-order valence-corrected chi connectivity index (χ2v) is 7.76. The van der Waals surface area contributed by atoms with Crippen LogP contribution in [0.5, 0.6) is 5.75 Å². The molecule has 7 nitrogen and oxygen atoms in total. The van der Waals surface area contributed by atoms with Gasteiger partial charge in [-0.3, -0.25) is 9.36 Å². The summed E-state index contributed by atoms with van der Waals surface area (Å²) in [5.74, 6) is -0.0464. The molecule has 9 heteroatoms. The van der Waals surface area contributed by atoms with Crippen LogP contribution in [0.1, 0.15) is 11.4 Å². The topological polar surface area (TPSA) is 92.8 Å². The van der Waals surface area contributed by atoms with Gasteiger partial charge in [0.1, 0.15) is 6.61 Å². The Morgan fingerprint density at radius 2 is 1.85 bits per heavy atom. The largest absolute Gasteiger partial charge is 0.483 e. The fourth-order valence-corrected chi connectivity index (χ4v) is 3.79. The molecular formula is C24H18FN5O2S. The van der Waals surface area contributed by atoms with Crippen LogP contribution in [-0.4, -0.2) is 26.4 Å². The summed E-state index contributed by atoms with van der Waals surface area (Å²) in [7, 11) is 0. The van der Waals surface area contributed by atoms with Crippen LogP contribution in [0.4, 0.5) is 10.1 Å². The summed E-state index contributed by atoms with van der Waals surface area (Å²) in [4.78, 5) is 12.4. The van der Waals surface area contributed by atoms with Gasteiger partial charge < -0.3 is 10.1 Å². The number of ether oxygens (including phenoxy) is 1. The van der Waals surface area contributed by atoms with Gasteiger partial charge in [-0.1, -0.05) is 48.2 Å². The lowest BCUT2D eigenvalue weighted by atomic mass is 10.2. The predicted octanol–water partition coefficient (Wildman–Crippen LogP) is 4.59. The van der Waals surface area contributed by atoms with E-state index in [4.69, 9.17) is 10.00 Å². The van der Waals surface area contributed by atoms with Gasteiger partial charge in [0, 0.05) is 11.4 Å². The first kappa shape index (κ1) is 22.0. The van der Waals surface area contributed by atoms with E-state index in [1.807, 2.05) is 36.4 Å². The van der Waals surface area contributed by atoms with E-state index in [-0.39, 0.29) is 24.0 Å². The van der Waals surface area contributed by atoms with Crippen molar-refractivity contribution in [2.24, 2.45) is 0 Å². The first-order chi connectivity index (χ1) is 16.1. The number of para-hydroxylation sites is 2. The van der Waals surface area contributed by atoms with Gasteiger partial charge >= 0.3 is 0 Å². The molecule has 0 saturated heterocycles. The van der Waals surface area contributed by atoms with Gasteiger partial charge in [-0.05, 0) is 42.5 Å². The van der Waals surface area contributed by atoms with E-state index < -0.39 is 5.82 Å². The maximum atomic E-state index is 13.9. The number of rotatable bonds is 8. The molecule has 3 aromatic carbocycles. The van der Waals surface area contributed by atoms with E-state index in [2.05, 4.69) is 15.5 Å².